The van der Waals surface area contributed by atoms with E-state index in [1.807, 2.05) is 16.0 Å². The Morgan fingerprint density at radius 3 is 2.57 bits per heavy atom. The number of carbonyl (C=O) groups is 3. The number of aromatic nitrogens is 4. The molecule has 4 aliphatic heterocycles. The van der Waals surface area contributed by atoms with E-state index in [9.17, 15) is 14.4 Å². The Morgan fingerprint density at radius 2 is 1.77 bits per heavy atom. The van der Waals surface area contributed by atoms with Crippen molar-refractivity contribution in [1.82, 2.24) is 40.4 Å². The molecule has 15 nitrogen and oxygen atoms in total. The summed E-state index contributed by atoms with van der Waals surface area (Å²) in [7, 11) is 2.97. The molecule has 6 heterocycles. The predicted molar refractivity (Wildman–Crippen MR) is 246 cm³/mol. The molecule has 65 heavy (non-hydrogen) atoms. The summed E-state index contributed by atoms with van der Waals surface area (Å²) in [4.78, 5) is 62.8. The quantitative estimate of drug-likeness (QED) is 0.0901. The second-order valence-electron chi connectivity index (χ2n) is 19.0. The average Bonchev–Trinajstić information content (AvgIpc) is 4.19. The molecule has 344 valence electrons. The van der Waals surface area contributed by atoms with Crippen LogP contribution >= 0.6 is 0 Å². The van der Waals surface area contributed by atoms with Gasteiger partial charge in [-0.2, -0.15) is 0 Å². The Labute approximate surface area is 379 Å². The summed E-state index contributed by atoms with van der Waals surface area (Å²) in [5.74, 6) is 2.91. The van der Waals surface area contributed by atoms with E-state index in [0.29, 0.717) is 45.3 Å². The molecule has 3 amide bonds. The Balaban J connectivity index is 0.912. The fraction of sp³-hybridized carbons (Fsp3) is 0.540. The molecule has 8 atom stereocenters. The molecule has 4 fully saturated rings. The van der Waals surface area contributed by atoms with E-state index in [-0.39, 0.29) is 53.9 Å². The third-order valence-electron chi connectivity index (χ3n) is 15.3. The van der Waals surface area contributed by atoms with Gasteiger partial charge >= 0.3 is 6.09 Å². The summed E-state index contributed by atoms with van der Waals surface area (Å²) in [6, 6.07) is 13.8. The summed E-state index contributed by atoms with van der Waals surface area (Å²) < 4.78 is 22.4. The van der Waals surface area contributed by atoms with Gasteiger partial charge in [0.05, 0.1) is 54.9 Å². The van der Waals surface area contributed by atoms with E-state index in [0.717, 1.165) is 112 Å². The number of nitrogens with zero attached hydrogens (tertiary/aromatic N) is 4. The molecule has 0 bridgehead atoms. The maximum absolute atomic E-state index is 14.7. The molecule has 3 saturated heterocycles. The highest BCUT2D eigenvalue weighted by Gasteiger charge is 2.50. The van der Waals surface area contributed by atoms with Crippen molar-refractivity contribution in [2.24, 2.45) is 17.8 Å². The first-order valence-corrected chi connectivity index (χ1v) is 23.7. The summed E-state index contributed by atoms with van der Waals surface area (Å²) in [6.45, 7) is 8.20. The van der Waals surface area contributed by atoms with Crippen molar-refractivity contribution in [2.75, 3.05) is 34.2 Å². The Kier molecular flexibility index (Phi) is 12.0. The predicted octanol–water partition coefficient (Wildman–Crippen LogP) is 7.92. The molecular formula is C50H62N8O7. The topological polar surface area (TPSA) is 176 Å². The smallest absolute Gasteiger partial charge is 0.407 e. The molecule has 3 aromatic carbocycles. The van der Waals surface area contributed by atoms with Crippen molar-refractivity contribution in [1.29, 1.82) is 0 Å². The molecule has 1 aliphatic carbocycles. The van der Waals surface area contributed by atoms with E-state index in [2.05, 4.69) is 83.8 Å². The number of carbonyl (C=O) groups excluding carboxylic acids is 3. The average molecular weight is 887 g/mol. The number of likely N-dealkylation sites (tertiary alicyclic amines) is 2. The van der Waals surface area contributed by atoms with Gasteiger partial charge in [-0.25, -0.2) is 14.8 Å². The first-order chi connectivity index (χ1) is 31.6. The summed E-state index contributed by atoms with van der Waals surface area (Å²) in [5, 5.41) is 8.27. The SMILES string of the molecule is CC[C@H](C)[C@H](NCOC)C(=O)N1[C@@H](C)CC[C@H]1c1ncc(-c2ccc3c(c2)COc2cc4c(ccc5[nH]c([C@@H]6C[C@@H]7CCC[C@@H]7N6C(=O)[C@@H](NC(=O)OC)C6CCOCC6)nc54)cc2-3)[nH]1. The summed E-state index contributed by atoms with van der Waals surface area (Å²) >= 11 is 0. The van der Waals surface area contributed by atoms with Crippen LogP contribution in [0.15, 0.2) is 48.7 Å². The molecule has 0 unspecified atom stereocenters. The van der Waals surface area contributed by atoms with Crippen LogP contribution in [0.5, 0.6) is 5.75 Å². The fourth-order valence-corrected chi connectivity index (χ4v) is 11.6. The number of benzene rings is 3. The zero-order valence-corrected chi connectivity index (χ0v) is 38.2. The molecule has 2 aromatic heterocycles. The first-order valence-electron chi connectivity index (χ1n) is 23.7. The minimum absolute atomic E-state index is 0.0371. The normalized spacial score (nSPS) is 24.4. The number of rotatable bonds is 12. The van der Waals surface area contributed by atoms with E-state index in [1.54, 1.807) is 7.11 Å². The minimum atomic E-state index is -0.696. The monoisotopic (exact) mass is 886 g/mol. The highest BCUT2D eigenvalue weighted by Crippen LogP contribution is 2.49. The standard InChI is InChI=1S/C50H62N8O7/c1-6-27(2)43(52-26-62-4)48(59)57-28(3)10-15-40(57)46-51-24-38(54-46)31-11-13-34-33(20-31)25-65-42-23-35-30(21-36(34)42)12-14-37-45(35)55-47(53-37)41-22-32-8-7-9-39(32)58(41)49(60)44(56-50(61)63-5)29-16-18-64-19-17-29/h11-14,20-21,23-24,27-29,32,39-41,43-44,52H,6-10,15-19,22,25-26H2,1-5H3,(H,51,54)(H,53,55)(H,56,61)/t27-,28-,32-,39-,40-,41-,43-,44-/m0/s1. The number of aromatic amines is 2. The minimum Gasteiger partial charge on any atom is -0.488 e. The van der Waals surface area contributed by atoms with Crippen LogP contribution in [0.1, 0.15) is 108 Å². The number of hydrogen-bond acceptors (Lipinski definition) is 10. The van der Waals surface area contributed by atoms with Crippen LogP contribution in [-0.4, -0.2) is 106 Å². The molecule has 5 aromatic rings. The Morgan fingerprint density at radius 1 is 0.923 bits per heavy atom. The molecular weight excluding hydrogens is 825 g/mol. The number of imidazole rings is 2. The third kappa shape index (κ3) is 7.92. The molecule has 4 N–H and O–H groups in total. The summed E-state index contributed by atoms with van der Waals surface area (Å²) in [5.41, 5.74) is 6.88. The van der Waals surface area contributed by atoms with Crippen molar-refractivity contribution >= 4 is 39.7 Å². The maximum atomic E-state index is 14.7. The number of nitrogens with one attached hydrogen (secondary N) is 4. The highest BCUT2D eigenvalue weighted by atomic mass is 16.5. The second-order valence-corrected chi connectivity index (χ2v) is 19.0. The van der Waals surface area contributed by atoms with Gasteiger partial charge in [-0.1, -0.05) is 44.9 Å². The van der Waals surface area contributed by atoms with Crippen LogP contribution in [0.3, 0.4) is 0 Å². The lowest BCUT2D eigenvalue weighted by atomic mass is 9.90. The van der Waals surface area contributed by atoms with Crippen LogP contribution in [0.25, 0.3) is 44.2 Å². The fourth-order valence-electron chi connectivity index (χ4n) is 11.6. The zero-order valence-electron chi connectivity index (χ0n) is 38.2. The number of methoxy groups -OCH3 is 2. The van der Waals surface area contributed by atoms with Gasteiger partial charge in [0.25, 0.3) is 0 Å². The van der Waals surface area contributed by atoms with Crippen LogP contribution in [0.2, 0.25) is 0 Å². The van der Waals surface area contributed by atoms with Crippen molar-refractivity contribution in [3.8, 4) is 28.1 Å². The van der Waals surface area contributed by atoms with Crippen molar-refractivity contribution in [3.63, 3.8) is 0 Å². The lowest BCUT2D eigenvalue weighted by molar-refractivity contribution is -0.139. The van der Waals surface area contributed by atoms with Crippen LogP contribution < -0.4 is 15.4 Å². The largest absolute Gasteiger partial charge is 0.488 e. The highest BCUT2D eigenvalue weighted by molar-refractivity contribution is 6.07. The van der Waals surface area contributed by atoms with Gasteiger partial charge in [0.2, 0.25) is 11.8 Å². The molecule has 10 rings (SSSR count). The molecule has 5 aliphatic rings. The molecule has 15 heteroatoms. The number of fused-ring (bicyclic) bond motifs is 7. The van der Waals surface area contributed by atoms with Gasteiger partial charge in [0.1, 0.15) is 30.0 Å². The van der Waals surface area contributed by atoms with Crippen molar-refractivity contribution in [2.45, 2.75) is 121 Å². The number of H-pyrrole nitrogens is 2. The van der Waals surface area contributed by atoms with E-state index < -0.39 is 12.1 Å². The maximum Gasteiger partial charge on any atom is 0.407 e. The molecule has 0 radical (unpaired) electrons. The number of alkyl carbamates (subject to hydrolysis) is 1. The zero-order chi connectivity index (χ0) is 44.9. The summed E-state index contributed by atoms with van der Waals surface area (Å²) in [6.07, 6.45) is 9.25. The third-order valence-corrected chi connectivity index (χ3v) is 15.3. The van der Waals surface area contributed by atoms with Gasteiger partial charge in [-0.05, 0) is 116 Å². The Hall–Kier alpha value is -5.51. The van der Waals surface area contributed by atoms with Gasteiger partial charge < -0.3 is 44.0 Å². The van der Waals surface area contributed by atoms with Gasteiger partial charge in [0, 0.05) is 43.4 Å². The van der Waals surface area contributed by atoms with Crippen molar-refractivity contribution in [3.05, 3.63) is 65.9 Å². The van der Waals surface area contributed by atoms with Crippen molar-refractivity contribution < 1.29 is 33.3 Å². The van der Waals surface area contributed by atoms with Crippen LogP contribution in [-0.2, 0) is 30.4 Å². The molecule has 1 saturated carbocycles. The van der Waals surface area contributed by atoms with E-state index >= 15 is 0 Å². The van der Waals surface area contributed by atoms with E-state index in [1.165, 1.54) is 7.11 Å². The van der Waals surface area contributed by atoms with Gasteiger partial charge in [-0.15, -0.1) is 0 Å². The lowest BCUT2D eigenvalue weighted by Gasteiger charge is -2.36. The second kappa shape index (κ2) is 18.0. The van der Waals surface area contributed by atoms with E-state index in [4.69, 9.17) is 28.9 Å². The number of ether oxygens (including phenoxy) is 4. The first kappa shape index (κ1) is 43.4. The van der Waals surface area contributed by atoms with Gasteiger partial charge in [-0.3, -0.25) is 14.9 Å². The number of amides is 3. The molecule has 0 spiro atoms. The van der Waals surface area contributed by atoms with Crippen LogP contribution in [0.4, 0.5) is 4.79 Å². The lowest BCUT2D eigenvalue weighted by Crippen LogP contribution is -2.55. The Bertz CT molecular complexity index is 2580. The number of hydrogen-bond donors (Lipinski definition) is 4. The van der Waals surface area contributed by atoms with Crippen LogP contribution in [0, 0.1) is 17.8 Å². The van der Waals surface area contributed by atoms with Gasteiger partial charge in [0.15, 0.2) is 0 Å².